The molecule has 7 nitrogen and oxygen atoms in total. The van der Waals surface area contributed by atoms with Gasteiger partial charge in [-0.2, -0.15) is 0 Å². The number of likely N-dealkylation sites (tertiary alicyclic amines) is 1. The average Bonchev–Trinajstić information content (AvgIpc) is 2.96. The third kappa shape index (κ3) is 3.94. The maximum atomic E-state index is 13.1. The maximum Gasteiger partial charge on any atom is 0.297 e. The topological polar surface area (TPSA) is 91.8 Å². The van der Waals surface area contributed by atoms with Crippen LogP contribution in [0.1, 0.15) is 11.5 Å². The highest BCUT2D eigenvalue weighted by Crippen LogP contribution is 2.26. The summed E-state index contributed by atoms with van der Waals surface area (Å²) < 4.78 is 38.1. The third-order valence-electron chi connectivity index (χ3n) is 4.43. The van der Waals surface area contributed by atoms with Gasteiger partial charge in [0.1, 0.15) is 12.4 Å². The highest BCUT2D eigenvalue weighted by atomic mass is 32.2. The van der Waals surface area contributed by atoms with E-state index < -0.39 is 45.9 Å². The van der Waals surface area contributed by atoms with Gasteiger partial charge < -0.3 is 0 Å². The fourth-order valence-corrected chi connectivity index (χ4v) is 3.85. The van der Waals surface area contributed by atoms with Crippen LogP contribution in [0.2, 0.25) is 0 Å². The van der Waals surface area contributed by atoms with Crippen molar-refractivity contribution in [2.45, 2.75) is 5.92 Å². The zero-order chi connectivity index (χ0) is 20.5. The molecule has 0 unspecified atom stereocenters. The van der Waals surface area contributed by atoms with Crippen LogP contribution >= 0.6 is 0 Å². The summed E-state index contributed by atoms with van der Waals surface area (Å²) in [6.45, 7) is -0.827. The van der Waals surface area contributed by atoms with Gasteiger partial charge in [-0.05, 0) is 29.8 Å². The van der Waals surface area contributed by atoms with Gasteiger partial charge in [-0.25, -0.2) is 12.8 Å². The first-order valence-corrected chi connectivity index (χ1v) is 10.2. The van der Waals surface area contributed by atoms with Crippen LogP contribution in [0.4, 0.5) is 10.1 Å². The van der Waals surface area contributed by atoms with Crippen molar-refractivity contribution in [3.05, 3.63) is 66.0 Å². The number of hydrogen-bond donors (Lipinski definition) is 0. The van der Waals surface area contributed by atoms with Crippen LogP contribution in [0.3, 0.4) is 0 Å². The summed E-state index contributed by atoms with van der Waals surface area (Å²) in [5, 5.41) is 0. The van der Waals surface area contributed by atoms with E-state index >= 15 is 0 Å². The Kier molecular flexibility index (Phi) is 5.28. The minimum atomic E-state index is -3.88. The van der Waals surface area contributed by atoms with Crippen LogP contribution in [0.5, 0.6) is 0 Å². The molecule has 0 N–H and O–H groups in total. The molecule has 9 heteroatoms. The minimum Gasteiger partial charge on any atom is -0.288 e. The molecular formula is C19H17FN2O5S. The molecule has 2 aromatic rings. The lowest BCUT2D eigenvalue weighted by Crippen LogP contribution is -2.44. The smallest absolute Gasteiger partial charge is 0.288 e. The van der Waals surface area contributed by atoms with Crippen molar-refractivity contribution in [2.75, 3.05) is 23.7 Å². The first-order chi connectivity index (χ1) is 13.2. The van der Waals surface area contributed by atoms with Crippen molar-refractivity contribution in [3.63, 3.8) is 0 Å². The van der Waals surface area contributed by atoms with Crippen LogP contribution in [-0.4, -0.2) is 50.3 Å². The minimum absolute atomic E-state index is 0.0785. The fraction of sp³-hybridized carbons (Fsp3) is 0.211. The number of carbonyl (C=O) groups excluding carboxylic acids is 3. The van der Waals surface area contributed by atoms with Gasteiger partial charge in [0, 0.05) is 6.54 Å². The van der Waals surface area contributed by atoms with Crippen LogP contribution in [0, 0.1) is 5.82 Å². The second kappa shape index (κ2) is 7.51. The zero-order valence-corrected chi connectivity index (χ0v) is 15.7. The second-order valence-electron chi connectivity index (χ2n) is 6.38. The first kappa shape index (κ1) is 19.7. The summed E-state index contributed by atoms with van der Waals surface area (Å²) in [7, 11) is -3.88. The van der Waals surface area contributed by atoms with Crippen molar-refractivity contribution in [1.29, 1.82) is 0 Å². The molecule has 1 heterocycles. The third-order valence-corrected chi connectivity index (χ3v) is 5.57. The van der Waals surface area contributed by atoms with E-state index in [4.69, 9.17) is 0 Å². The molecule has 0 bridgehead atoms. The number of rotatable bonds is 5. The second-order valence-corrected chi connectivity index (χ2v) is 8.29. The molecule has 0 radical (unpaired) electrons. The molecule has 146 valence electrons. The van der Waals surface area contributed by atoms with E-state index in [-0.39, 0.29) is 12.2 Å². The number of carbonyl (C=O) groups is 3. The standard InChI is InChI=1S/C19H17FN2O5S/c1-28(26,27)22(15-9-7-14(20)8-10-15)12-17(23)21-11-16(18(24)19(21)25)13-5-3-2-4-6-13/h2-10,16H,11-12H2,1H3/t16-/m1/s1. The van der Waals surface area contributed by atoms with E-state index in [1.807, 2.05) is 0 Å². The molecule has 3 rings (SSSR count). The lowest BCUT2D eigenvalue weighted by atomic mass is 9.97. The van der Waals surface area contributed by atoms with Gasteiger partial charge in [-0.3, -0.25) is 23.6 Å². The number of Topliss-reactive ketones (excluding diaryl/α,β-unsaturated/α-hetero) is 1. The number of ketones is 1. The molecule has 0 saturated carbocycles. The Hall–Kier alpha value is -3.07. The average molecular weight is 404 g/mol. The number of halogens is 1. The van der Waals surface area contributed by atoms with Gasteiger partial charge >= 0.3 is 0 Å². The number of anilines is 1. The quantitative estimate of drug-likeness (QED) is 0.701. The Morgan fingerprint density at radius 3 is 2.29 bits per heavy atom. The summed E-state index contributed by atoms with van der Waals surface area (Å²) in [5.74, 6) is -3.85. The summed E-state index contributed by atoms with van der Waals surface area (Å²) >= 11 is 0. The summed E-state index contributed by atoms with van der Waals surface area (Å²) in [5.41, 5.74) is 0.685. The number of sulfonamides is 1. The largest absolute Gasteiger partial charge is 0.297 e. The first-order valence-electron chi connectivity index (χ1n) is 8.35. The predicted molar refractivity (Wildman–Crippen MR) is 99.5 cm³/mol. The Morgan fingerprint density at radius 1 is 1.11 bits per heavy atom. The number of hydrogen-bond acceptors (Lipinski definition) is 5. The van der Waals surface area contributed by atoms with Crippen molar-refractivity contribution < 1.29 is 27.2 Å². The Bertz CT molecular complexity index is 1020. The van der Waals surface area contributed by atoms with E-state index in [2.05, 4.69) is 0 Å². The Labute approximate surface area is 161 Å². The monoisotopic (exact) mass is 404 g/mol. The van der Waals surface area contributed by atoms with E-state index in [9.17, 15) is 27.2 Å². The predicted octanol–water partition coefficient (Wildman–Crippen LogP) is 1.31. The molecule has 1 atom stereocenters. The van der Waals surface area contributed by atoms with Crippen molar-refractivity contribution in [1.82, 2.24) is 4.90 Å². The number of amides is 2. The van der Waals surface area contributed by atoms with Crippen molar-refractivity contribution in [3.8, 4) is 0 Å². The van der Waals surface area contributed by atoms with E-state index in [1.165, 1.54) is 12.1 Å². The van der Waals surface area contributed by atoms with Crippen LogP contribution < -0.4 is 4.31 Å². The van der Waals surface area contributed by atoms with E-state index in [1.54, 1.807) is 30.3 Å². The van der Waals surface area contributed by atoms with Crippen molar-refractivity contribution in [2.24, 2.45) is 0 Å². The molecule has 0 spiro atoms. The van der Waals surface area contributed by atoms with Gasteiger partial charge in [-0.1, -0.05) is 30.3 Å². The molecule has 28 heavy (non-hydrogen) atoms. The molecule has 2 amide bonds. The van der Waals surface area contributed by atoms with Crippen LogP contribution in [0.25, 0.3) is 0 Å². The molecular weight excluding hydrogens is 387 g/mol. The van der Waals surface area contributed by atoms with Crippen molar-refractivity contribution >= 4 is 33.3 Å². The lowest BCUT2D eigenvalue weighted by Gasteiger charge is -2.24. The molecule has 0 aromatic heterocycles. The summed E-state index contributed by atoms with van der Waals surface area (Å²) in [6.07, 6.45) is 0.896. The van der Waals surface area contributed by atoms with Gasteiger partial charge in [0.2, 0.25) is 21.7 Å². The molecule has 1 fully saturated rings. The highest BCUT2D eigenvalue weighted by Gasteiger charge is 2.43. The van der Waals surface area contributed by atoms with Gasteiger partial charge in [0.05, 0.1) is 17.9 Å². The van der Waals surface area contributed by atoms with Gasteiger partial charge in [-0.15, -0.1) is 0 Å². The molecule has 1 aliphatic rings. The zero-order valence-electron chi connectivity index (χ0n) is 14.9. The van der Waals surface area contributed by atoms with Crippen LogP contribution in [-0.2, 0) is 24.4 Å². The fourth-order valence-electron chi connectivity index (χ4n) is 3.00. The SMILES string of the molecule is CS(=O)(=O)N(CC(=O)N1C[C@H](c2ccccc2)C(=O)C1=O)c1ccc(F)cc1. The van der Waals surface area contributed by atoms with E-state index in [0.717, 1.165) is 27.6 Å². The summed E-state index contributed by atoms with van der Waals surface area (Å²) in [4.78, 5) is 38.0. The number of nitrogens with zero attached hydrogens (tertiary/aromatic N) is 2. The van der Waals surface area contributed by atoms with Gasteiger partial charge in [0.15, 0.2) is 0 Å². The molecule has 2 aromatic carbocycles. The number of benzene rings is 2. The Balaban J connectivity index is 1.83. The normalized spacial score (nSPS) is 17.1. The maximum absolute atomic E-state index is 13.1. The highest BCUT2D eigenvalue weighted by molar-refractivity contribution is 7.92. The Morgan fingerprint density at radius 2 is 1.71 bits per heavy atom. The lowest BCUT2D eigenvalue weighted by molar-refractivity contribution is -0.146. The molecule has 1 saturated heterocycles. The van der Waals surface area contributed by atoms with Crippen LogP contribution in [0.15, 0.2) is 54.6 Å². The summed E-state index contributed by atoms with van der Waals surface area (Å²) in [6, 6.07) is 13.1. The number of imide groups is 1. The molecule has 1 aliphatic heterocycles. The van der Waals surface area contributed by atoms with Gasteiger partial charge in [0.25, 0.3) is 5.91 Å². The van der Waals surface area contributed by atoms with E-state index in [0.29, 0.717) is 5.56 Å². The molecule has 0 aliphatic carbocycles.